The number of anilines is 1. The zero-order chi connectivity index (χ0) is 13.5. The molecular formula is C16H16BrN3. The highest BCUT2D eigenvalue weighted by molar-refractivity contribution is 9.10. The summed E-state index contributed by atoms with van der Waals surface area (Å²) in [4.78, 5) is 11.7. The topological polar surface area (TPSA) is 29.0 Å². The van der Waals surface area contributed by atoms with E-state index in [0.29, 0.717) is 5.92 Å². The molecule has 2 aromatic rings. The Hall–Kier alpha value is -1.42. The molecule has 20 heavy (non-hydrogen) atoms. The van der Waals surface area contributed by atoms with Gasteiger partial charge in [0.15, 0.2) is 0 Å². The van der Waals surface area contributed by atoms with Crippen molar-refractivity contribution in [1.29, 1.82) is 0 Å². The Balaban J connectivity index is 1.65. The molecule has 4 heteroatoms. The largest absolute Gasteiger partial charge is 0.352 e. The van der Waals surface area contributed by atoms with E-state index in [9.17, 15) is 0 Å². The molecule has 1 fully saturated rings. The molecule has 2 aliphatic rings. The molecule has 3 nitrogen and oxygen atoms in total. The molecule has 0 unspecified atom stereocenters. The summed E-state index contributed by atoms with van der Waals surface area (Å²) in [6.45, 7) is 1.98. The van der Waals surface area contributed by atoms with Gasteiger partial charge in [0.2, 0.25) is 0 Å². The van der Waals surface area contributed by atoms with Gasteiger partial charge in [-0.05, 0) is 46.3 Å². The maximum Gasteiger partial charge on any atom is 0.135 e. The zero-order valence-electron chi connectivity index (χ0n) is 11.2. The lowest BCUT2D eigenvalue weighted by atomic mass is 10.00. The molecule has 1 aliphatic carbocycles. The minimum Gasteiger partial charge on any atom is -0.352 e. The molecule has 0 atom stereocenters. The van der Waals surface area contributed by atoms with Crippen molar-refractivity contribution in [3.63, 3.8) is 0 Å². The van der Waals surface area contributed by atoms with Crippen LogP contribution in [0.4, 0.5) is 5.82 Å². The van der Waals surface area contributed by atoms with E-state index in [0.717, 1.165) is 35.8 Å². The third kappa shape index (κ3) is 2.33. The fraction of sp³-hybridized carbons (Fsp3) is 0.375. The van der Waals surface area contributed by atoms with Gasteiger partial charge < -0.3 is 4.90 Å². The molecule has 0 N–H and O–H groups in total. The molecule has 1 aromatic carbocycles. The number of nitrogens with zero attached hydrogens (tertiary/aromatic N) is 3. The first-order valence-electron chi connectivity index (χ1n) is 7.16. The van der Waals surface area contributed by atoms with Gasteiger partial charge in [-0.1, -0.05) is 24.3 Å². The Morgan fingerprint density at radius 1 is 1.10 bits per heavy atom. The van der Waals surface area contributed by atoms with Crippen LogP contribution in [0.25, 0.3) is 0 Å². The Morgan fingerprint density at radius 3 is 2.70 bits per heavy atom. The lowest BCUT2D eigenvalue weighted by Gasteiger charge is -2.30. The first-order valence-corrected chi connectivity index (χ1v) is 7.95. The van der Waals surface area contributed by atoms with Gasteiger partial charge in [0, 0.05) is 25.1 Å². The third-order valence-electron chi connectivity index (χ3n) is 4.10. The van der Waals surface area contributed by atoms with Crippen LogP contribution >= 0.6 is 15.9 Å². The van der Waals surface area contributed by atoms with Crippen LogP contribution in [0.15, 0.2) is 34.9 Å². The predicted molar refractivity (Wildman–Crippen MR) is 82.9 cm³/mol. The van der Waals surface area contributed by atoms with Crippen molar-refractivity contribution in [1.82, 2.24) is 9.97 Å². The number of rotatable bonds is 2. The van der Waals surface area contributed by atoms with Gasteiger partial charge in [0.25, 0.3) is 0 Å². The van der Waals surface area contributed by atoms with E-state index in [-0.39, 0.29) is 0 Å². The quantitative estimate of drug-likeness (QED) is 0.787. The van der Waals surface area contributed by atoms with E-state index >= 15 is 0 Å². The molecule has 0 radical (unpaired) electrons. The van der Waals surface area contributed by atoms with Crippen LogP contribution < -0.4 is 4.90 Å². The second-order valence-corrected chi connectivity index (χ2v) is 6.43. The molecular weight excluding hydrogens is 314 g/mol. The number of fused-ring (bicyclic) bond motifs is 1. The summed E-state index contributed by atoms with van der Waals surface area (Å²) in [6.07, 6.45) is 3.56. The van der Waals surface area contributed by atoms with Crippen LogP contribution in [0.2, 0.25) is 0 Å². The van der Waals surface area contributed by atoms with E-state index in [1.54, 1.807) is 0 Å². The molecule has 1 aromatic heterocycles. The van der Waals surface area contributed by atoms with E-state index in [2.05, 4.69) is 50.1 Å². The summed E-state index contributed by atoms with van der Waals surface area (Å²) in [5.41, 5.74) is 2.89. The fourth-order valence-corrected chi connectivity index (χ4v) is 3.19. The fourth-order valence-electron chi connectivity index (χ4n) is 2.80. The van der Waals surface area contributed by atoms with Crippen molar-refractivity contribution in [2.24, 2.45) is 0 Å². The molecule has 0 bridgehead atoms. The maximum atomic E-state index is 4.78. The first-order chi connectivity index (χ1) is 9.79. The van der Waals surface area contributed by atoms with Crippen molar-refractivity contribution in [3.8, 4) is 0 Å². The minimum atomic E-state index is 0.586. The van der Waals surface area contributed by atoms with Gasteiger partial charge in [-0.2, -0.15) is 0 Å². The summed E-state index contributed by atoms with van der Waals surface area (Å²) in [5, 5.41) is 0. The normalized spacial score (nSPS) is 17.9. The Kier molecular flexibility index (Phi) is 2.99. The van der Waals surface area contributed by atoms with E-state index < -0.39 is 0 Å². The van der Waals surface area contributed by atoms with Gasteiger partial charge in [-0.3, -0.25) is 0 Å². The number of hydrogen-bond donors (Lipinski definition) is 0. The third-order valence-corrected chi connectivity index (χ3v) is 4.50. The second kappa shape index (κ2) is 4.85. The van der Waals surface area contributed by atoms with Gasteiger partial charge in [0.05, 0.1) is 0 Å². The molecule has 102 valence electrons. The second-order valence-electron chi connectivity index (χ2n) is 5.62. The van der Waals surface area contributed by atoms with Gasteiger partial charge in [-0.25, -0.2) is 9.97 Å². The monoisotopic (exact) mass is 329 g/mol. The lowest BCUT2D eigenvalue weighted by Crippen LogP contribution is -2.31. The molecule has 0 saturated heterocycles. The van der Waals surface area contributed by atoms with Crippen molar-refractivity contribution in [2.45, 2.75) is 31.7 Å². The standard InChI is InChI=1S/C16H16BrN3/c17-14-9-15(19-16(18-14)12-5-6-12)20-8-7-11-3-1-2-4-13(11)10-20/h1-4,9,12H,5-8,10H2. The first kappa shape index (κ1) is 12.3. The number of hydrogen-bond acceptors (Lipinski definition) is 3. The summed E-state index contributed by atoms with van der Waals surface area (Å²) in [7, 11) is 0. The zero-order valence-corrected chi connectivity index (χ0v) is 12.8. The van der Waals surface area contributed by atoms with Crippen molar-refractivity contribution in [2.75, 3.05) is 11.4 Å². The van der Waals surface area contributed by atoms with Crippen molar-refractivity contribution < 1.29 is 0 Å². The Morgan fingerprint density at radius 2 is 1.90 bits per heavy atom. The highest BCUT2D eigenvalue weighted by atomic mass is 79.9. The van der Waals surface area contributed by atoms with Crippen LogP contribution in [0.1, 0.15) is 35.7 Å². The van der Waals surface area contributed by atoms with Crippen LogP contribution in [-0.2, 0) is 13.0 Å². The van der Waals surface area contributed by atoms with E-state index in [1.165, 1.54) is 24.0 Å². The molecule has 4 rings (SSSR count). The van der Waals surface area contributed by atoms with Gasteiger partial charge in [-0.15, -0.1) is 0 Å². The van der Waals surface area contributed by atoms with E-state index in [1.807, 2.05) is 6.07 Å². The minimum absolute atomic E-state index is 0.586. The molecule has 1 saturated carbocycles. The summed E-state index contributed by atoms with van der Waals surface area (Å²) >= 11 is 3.53. The Labute approximate surface area is 127 Å². The Bertz CT molecular complexity index is 652. The van der Waals surface area contributed by atoms with Crippen LogP contribution in [0.3, 0.4) is 0 Å². The van der Waals surface area contributed by atoms with Crippen molar-refractivity contribution in [3.05, 3.63) is 51.9 Å². The lowest BCUT2D eigenvalue weighted by molar-refractivity contribution is 0.713. The highest BCUT2D eigenvalue weighted by Crippen LogP contribution is 2.39. The summed E-state index contributed by atoms with van der Waals surface area (Å²) < 4.78 is 0.906. The average Bonchev–Trinajstić information content (AvgIpc) is 3.31. The molecule has 0 amide bonds. The smallest absolute Gasteiger partial charge is 0.135 e. The molecule has 1 aliphatic heterocycles. The average molecular weight is 330 g/mol. The van der Waals surface area contributed by atoms with E-state index in [4.69, 9.17) is 4.98 Å². The number of halogens is 1. The van der Waals surface area contributed by atoms with Crippen LogP contribution in [0, 0.1) is 0 Å². The highest BCUT2D eigenvalue weighted by Gasteiger charge is 2.28. The van der Waals surface area contributed by atoms with Gasteiger partial charge in [0.1, 0.15) is 16.2 Å². The van der Waals surface area contributed by atoms with Gasteiger partial charge >= 0.3 is 0 Å². The molecule has 0 spiro atoms. The summed E-state index contributed by atoms with van der Waals surface area (Å²) in [5.74, 6) is 2.65. The van der Waals surface area contributed by atoms with Crippen LogP contribution in [0.5, 0.6) is 0 Å². The molecule has 2 heterocycles. The number of benzene rings is 1. The number of aromatic nitrogens is 2. The summed E-state index contributed by atoms with van der Waals surface area (Å²) in [6, 6.07) is 10.7. The predicted octanol–water partition coefficient (Wildman–Crippen LogP) is 3.68. The SMILES string of the molecule is Brc1cc(N2CCc3ccccc3C2)nc(C2CC2)n1. The maximum absolute atomic E-state index is 4.78. The van der Waals surface area contributed by atoms with Crippen molar-refractivity contribution >= 4 is 21.7 Å². The van der Waals surface area contributed by atoms with Crippen LogP contribution in [-0.4, -0.2) is 16.5 Å².